The zero-order valence-electron chi connectivity index (χ0n) is 10.6. The molecular formula is C13H17N3OS. The Morgan fingerprint density at radius 2 is 2.33 bits per heavy atom. The van der Waals surface area contributed by atoms with E-state index in [2.05, 4.69) is 15.5 Å². The predicted molar refractivity (Wildman–Crippen MR) is 72.8 cm³/mol. The molecule has 0 bridgehead atoms. The van der Waals surface area contributed by atoms with Crippen LogP contribution in [0.1, 0.15) is 21.8 Å². The fraction of sp³-hybridized carbons (Fsp3) is 0.385. The van der Waals surface area contributed by atoms with Gasteiger partial charge in [-0.15, -0.1) is 11.3 Å². The largest absolute Gasteiger partial charge is 0.355 e. The van der Waals surface area contributed by atoms with Gasteiger partial charge in [0.15, 0.2) is 0 Å². The first-order valence-corrected chi connectivity index (χ1v) is 6.84. The van der Waals surface area contributed by atoms with Gasteiger partial charge in [-0.2, -0.15) is 5.10 Å². The maximum atomic E-state index is 11.7. The number of aromatic nitrogens is 2. The maximum absolute atomic E-state index is 11.7. The number of aromatic amines is 1. The van der Waals surface area contributed by atoms with Gasteiger partial charge in [0.2, 0.25) is 5.91 Å². The quantitative estimate of drug-likeness (QED) is 0.866. The third-order valence-electron chi connectivity index (χ3n) is 2.89. The fourth-order valence-corrected chi connectivity index (χ4v) is 2.61. The number of rotatable bonds is 5. The van der Waals surface area contributed by atoms with Crippen LogP contribution < -0.4 is 5.32 Å². The highest BCUT2D eigenvalue weighted by Gasteiger charge is 2.07. The second-order valence-corrected chi connectivity index (χ2v) is 5.30. The van der Waals surface area contributed by atoms with Crippen LogP contribution in [0.4, 0.5) is 0 Å². The Morgan fingerprint density at radius 3 is 2.94 bits per heavy atom. The number of nitrogens with one attached hydrogen (secondary N) is 2. The van der Waals surface area contributed by atoms with Gasteiger partial charge in [-0.25, -0.2) is 0 Å². The van der Waals surface area contributed by atoms with Gasteiger partial charge < -0.3 is 5.32 Å². The standard InChI is InChI=1S/C13H17N3OS/c1-9-12(10(2)16-15-9)5-6-14-13(17)8-11-4-3-7-18-11/h3-4,7H,5-6,8H2,1-2H3,(H,14,17)(H,15,16). The summed E-state index contributed by atoms with van der Waals surface area (Å²) in [5.41, 5.74) is 3.30. The van der Waals surface area contributed by atoms with Gasteiger partial charge in [-0.3, -0.25) is 9.89 Å². The van der Waals surface area contributed by atoms with Crippen LogP contribution in [0.5, 0.6) is 0 Å². The van der Waals surface area contributed by atoms with Gasteiger partial charge in [0.25, 0.3) is 0 Å². The van der Waals surface area contributed by atoms with Crippen LogP contribution in [0.2, 0.25) is 0 Å². The molecule has 0 unspecified atom stereocenters. The molecule has 0 radical (unpaired) electrons. The second-order valence-electron chi connectivity index (χ2n) is 4.27. The van der Waals surface area contributed by atoms with Crippen LogP contribution in [0.25, 0.3) is 0 Å². The summed E-state index contributed by atoms with van der Waals surface area (Å²) in [6.07, 6.45) is 1.30. The minimum atomic E-state index is 0.0799. The van der Waals surface area contributed by atoms with E-state index in [-0.39, 0.29) is 5.91 Å². The lowest BCUT2D eigenvalue weighted by Gasteiger charge is -2.04. The molecule has 0 aliphatic rings. The SMILES string of the molecule is Cc1n[nH]c(C)c1CCNC(=O)Cc1cccs1. The summed E-state index contributed by atoms with van der Waals surface area (Å²) in [6.45, 7) is 4.64. The number of H-pyrrole nitrogens is 1. The summed E-state index contributed by atoms with van der Waals surface area (Å²) in [5, 5.41) is 12.0. The van der Waals surface area contributed by atoms with E-state index in [1.807, 2.05) is 31.4 Å². The molecule has 2 heterocycles. The van der Waals surface area contributed by atoms with Gasteiger partial charge >= 0.3 is 0 Å². The van der Waals surface area contributed by atoms with Crippen molar-refractivity contribution in [3.05, 3.63) is 39.3 Å². The van der Waals surface area contributed by atoms with Crippen LogP contribution >= 0.6 is 11.3 Å². The molecule has 2 rings (SSSR count). The van der Waals surface area contributed by atoms with Crippen LogP contribution in [0.3, 0.4) is 0 Å². The zero-order chi connectivity index (χ0) is 13.0. The van der Waals surface area contributed by atoms with Crippen molar-refractivity contribution in [3.63, 3.8) is 0 Å². The zero-order valence-corrected chi connectivity index (χ0v) is 11.4. The number of carbonyl (C=O) groups excluding carboxylic acids is 1. The Hall–Kier alpha value is -1.62. The van der Waals surface area contributed by atoms with Crippen molar-refractivity contribution in [3.8, 4) is 0 Å². The number of aryl methyl sites for hydroxylation is 2. The minimum absolute atomic E-state index is 0.0799. The average molecular weight is 263 g/mol. The van der Waals surface area contributed by atoms with Gasteiger partial charge in [0.1, 0.15) is 0 Å². The highest BCUT2D eigenvalue weighted by atomic mass is 32.1. The number of hydrogen-bond acceptors (Lipinski definition) is 3. The molecule has 0 aliphatic carbocycles. The molecule has 0 fully saturated rings. The third kappa shape index (κ3) is 3.20. The van der Waals surface area contributed by atoms with E-state index in [1.54, 1.807) is 11.3 Å². The molecule has 96 valence electrons. The molecule has 2 N–H and O–H groups in total. The molecule has 0 aromatic carbocycles. The summed E-state index contributed by atoms with van der Waals surface area (Å²) >= 11 is 1.61. The molecule has 4 nitrogen and oxygen atoms in total. The Labute approximate surface area is 110 Å². The lowest BCUT2D eigenvalue weighted by atomic mass is 10.1. The van der Waals surface area contributed by atoms with Crippen molar-refractivity contribution in [2.45, 2.75) is 26.7 Å². The van der Waals surface area contributed by atoms with Gasteiger partial charge in [-0.1, -0.05) is 6.07 Å². The van der Waals surface area contributed by atoms with E-state index >= 15 is 0 Å². The molecular weight excluding hydrogens is 246 g/mol. The van der Waals surface area contributed by atoms with Crippen LogP contribution in [-0.2, 0) is 17.6 Å². The lowest BCUT2D eigenvalue weighted by molar-refractivity contribution is -0.120. The molecule has 5 heteroatoms. The summed E-state index contributed by atoms with van der Waals surface area (Å²) in [6, 6.07) is 3.94. The number of hydrogen-bond donors (Lipinski definition) is 2. The molecule has 0 saturated carbocycles. The van der Waals surface area contributed by atoms with Crippen molar-refractivity contribution < 1.29 is 4.79 Å². The van der Waals surface area contributed by atoms with Gasteiger partial charge in [0.05, 0.1) is 12.1 Å². The first-order valence-electron chi connectivity index (χ1n) is 5.96. The molecule has 18 heavy (non-hydrogen) atoms. The van der Waals surface area contributed by atoms with E-state index < -0.39 is 0 Å². The van der Waals surface area contributed by atoms with Crippen molar-refractivity contribution >= 4 is 17.2 Å². The van der Waals surface area contributed by atoms with Crippen LogP contribution in [0.15, 0.2) is 17.5 Å². The molecule has 0 spiro atoms. The van der Waals surface area contributed by atoms with Gasteiger partial charge in [-0.05, 0) is 37.3 Å². The third-order valence-corrected chi connectivity index (χ3v) is 3.77. The molecule has 1 amide bonds. The Bertz CT molecular complexity index is 497. The molecule has 2 aromatic rings. The molecule has 0 saturated heterocycles. The number of nitrogens with zero attached hydrogens (tertiary/aromatic N) is 1. The summed E-state index contributed by atoms with van der Waals surface area (Å²) in [4.78, 5) is 12.8. The summed E-state index contributed by atoms with van der Waals surface area (Å²) < 4.78 is 0. The van der Waals surface area contributed by atoms with Crippen molar-refractivity contribution in [2.75, 3.05) is 6.54 Å². The Morgan fingerprint density at radius 1 is 1.50 bits per heavy atom. The minimum Gasteiger partial charge on any atom is -0.355 e. The normalized spacial score (nSPS) is 10.6. The lowest BCUT2D eigenvalue weighted by Crippen LogP contribution is -2.27. The average Bonchev–Trinajstić information content (AvgIpc) is 2.93. The summed E-state index contributed by atoms with van der Waals surface area (Å²) in [7, 11) is 0. The van der Waals surface area contributed by atoms with Gasteiger partial charge in [0, 0.05) is 17.1 Å². The number of carbonyl (C=O) groups is 1. The fourth-order valence-electron chi connectivity index (χ4n) is 1.90. The van der Waals surface area contributed by atoms with Crippen LogP contribution in [0, 0.1) is 13.8 Å². The first kappa shape index (κ1) is 12.8. The van der Waals surface area contributed by atoms with E-state index in [0.717, 1.165) is 22.7 Å². The number of amides is 1. The van der Waals surface area contributed by atoms with Crippen molar-refractivity contribution in [2.24, 2.45) is 0 Å². The maximum Gasteiger partial charge on any atom is 0.225 e. The van der Waals surface area contributed by atoms with Crippen LogP contribution in [-0.4, -0.2) is 22.6 Å². The Kier molecular flexibility index (Phi) is 4.15. The van der Waals surface area contributed by atoms with E-state index in [1.165, 1.54) is 5.56 Å². The smallest absolute Gasteiger partial charge is 0.225 e. The molecule has 0 atom stereocenters. The highest BCUT2D eigenvalue weighted by Crippen LogP contribution is 2.10. The molecule has 2 aromatic heterocycles. The Balaban J connectivity index is 1.77. The van der Waals surface area contributed by atoms with Crippen molar-refractivity contribution in [1.29, 1.82) is 0 Å². The summed E-state index contributed by atoms with van der Waals surface area (Å²) in [5.74, 6) is 0.0799. The predicted octanol–water partition coefficient (Wildman–Crippen LogP) is 1.99. The topological polar surface area (TPSA) is 57.8 Å². The van der Waals surface area contributed by atoms with E-state index in [4.69, 9.17) is 0 Å². The second kappa shape index (κ2) is 5.82. The monoisotopic (exact) mass is 263 g/mol. The first-order chi connectivity index (χ1) is 8.66. The van der Waals surface area contributed by atoms with E-state index in [0.29, 0.717) is 13.0 Å². The number of thiophene rings is 1. The molecule has 0 aliphatic heterocycles. The van der Waals surface area contributed by atoms with Crippen molar-refractivity contribution in [1.82, 2.24) is 15.5 Å². The van der Waals surface area contributed by atoms with E-state index in [9.17, 15) is 4.79 Å². The highest BCUT2D eigenvalue weighted by molar-refractivity contribution is 7.10.